The molecule has 1 saturated heterocycles. The Bertz CT molecular complexity index is 1300. The molecule has 2 N–H and O–H groups in total. The van der Waals surface area contributed by atoms with E-state index in [1.165, 1.54) is 11.1 Å². The third-order valence-corrected chi connectivity index (χ3v) is 6.34. The molecule has 2 atom stereocenters. The Morgan fingerprint density at radius 2 is 2.03 bits per heavy atom. The van der Waals surface area contributed by atoms with E-state index in [0.717, 1.165) is 11.1 Å². The van der Waals surface area contributed by atoms with Crippen molar-refractivity contribution in [2.75, 3.05) is 19.0 Å². The molecule has 0 unspecified atom stereocenters. The summed E-state index contributed by atoms with van der Waals surface area (Å²) in [6.07, 6.45) is 3.39. The average molecular weight is 477 g/mol. The lowest BCUT2D eigenvalue weighted by Gasteiger charge is -2.20. The molecule has 3 aromatic rings. The number of nitrogens with one attached hydrogen (secondary N) is 2. The van der Waals surface area contributed by atoms with Gasteiger partial charge in [0.05, 0.1) is 23.9 Å². The van der Waals surface area contributed by atoms with Crippen LogP contribution in [0.25, 0.3) is 11.1 Å². The molecule has 5 rings (SSSR count). The van der Waals surface area contributed by atoms with E-state index in [1.54, 1.807) is 55.8 Å². The Hall–Kier alpha value is -3.91. The number of aromatic nitrogens is 1. The number of benzene rings is 2. The standard InChI is InChI=1S/C25H21ClN4O4/c1-34-22-7-5-16(26)10-18(22)14-4-6-20-19(9-14)25(33)30-13-17(11-21(30)24(32)29-20)28-23(31)15-3-2-8-27-12-15/h2-10,12,17,21H,11,13H2,1H3,(H,28,31)(H,29,32)/t17-,21-/m0/s1. The van der Waals surface area contributed by atoms with E-state index in [1.807, 2.05) is 6.07 Å². The number of ether oxygens (including phenoxy) is 1. The number of carbonyl (C=O) groups is 3. The molecule has 0 spiro atoms. The molecule has 8 nitrogen and oxygen atoms in total. The first kappa shape index (κ1) is 21.9. The number of pyridine rings is 1. The van der Waals surface area contributed by atoms with E-state index in [4.69, 9.17) is 16.3 Å². The first-order valence-corrected chi connectivity index (χ1v) is 11.1. The summed E-state index contributed by atoms with van der Waals surface area (Å²) in [7, 11) is 1.57. The van der Waals surface area contributed by atoms with Crippen LogP contribution in [0.5, 0.6) is 5.75 Å². The summed E-state index contributed by atoms with van der Waals surface area (Å²) >= 11 is 6.19. The SMILES string of the molecule is COc1ccc(Cl)cc1-c1ccc2c(c1)C(=O)N1C[C@@H](NC(=O)c3cccnc3)C[C@H]1C(=O)N2. The van der Waals surface area contributed by atoms with E-state index in [-0.39, 0.29) is 30.3 Å². The number of amides is 3. The summed E-state index contributed by atoms with van der Waals surface area (Å²) in [4.78, 5) is 44.5. The van der Waals surface area contributed by atoms with Crippen molar-refractivity contribution >= 4 is 35.0 Å². The van der Waals surface area contributed by atoms with Crippen LogP contribution in [-0.4, -0.2) is 53.3 Å². The van der Waals surface area contributed by atoms with Gasteiger partial charge in [0.15, 0.2) is 0 Å². The van der Waals surface area contributed by atoms with Gasteiger partial charge in [0.1, 0.15) is 11.8 Å². The van der Waals surface area contributed by atoms with Crippen LogP contribution in [0.15, 0.2) is 60.9 Å². The van der Waals surface area contributed by atoms with Gasteiger partial charge in [-0.05, 0) is 54.4 Å². The van der Waals surface area contributed by atoms with E-state index in [2.05, 4.69) is 15.6 Å². The molecule has 0 saturated carbocycles. The lowest BCUT2D eigenvalue weighted by Crippen LogP contribution is -2.41. The monoisotopic (exact) mass is 476 g/mol. The summed E-state index contributed by atoms with van der Waals surface area (Å²) in [6.45, 7) is 0.229. The summed E-state index contributed by atoms with van der Waals surface area (Å²) in [5.41, 5.74) is 2.71. The molecular weight excluding hydrogens is 456 g/mol. The quantitative estimate of drug-likeness (QED) is 0.601. The van der Waals surface area contributed by atoms with Crippen LogP contribution >= 0.6 is 11.6 Å². The van der Waals surface area contributed by atoms with Crippen molar-refractivity contribution in [3.05, 3.63) is 77.1 Å². The second-order valence-electron chi connectivity index (χ2n) is 8.22. The minimum absolute atomic E-state index is 0.229. The third-order valence-electron chi connectivity index (χ3n) is 6.10. The van der Waals surface area contributed by atoms with Crippen LogP contribution < -0.4 is 15.4 Å². The van der Waals surface area contributed by atoms with Crippen molar-refractivity contribution in [3.8, 4) is 16.9 Å². The van der Waals surface area contributed by atoms with E-state index in [9.17, 15) is 14.4 Å². The largest absolute Gasteiger partial charge is 0.496 e. The maximum absolute atomic E-state index is 13.5. The number of halogens is 1. The fourth-order valence-corrected chi connectivity index (χ4v) is 4.63. The molecule has 0 aliphatic carbocycles. The van der Waals surface area contributed by atoms with Crippen molar-refractivity contribution < 1.29 is 19.1 Å². The predicted molar refractivity (Wildman–Crippen MR) is 127 cm³/mol. The smallest absolute Gasteiger partial charge is 0.256 e. The van der Waals surface area contributed by atoms with Gasteiger partial charge in [0, 0.05) is 35.6 Å². The zero-order valence-corrected chi connectivity index (χ0v) is 19.0. The molecule has 172 valence electrons. The predicted octanol–water partition coefficient (Wildman–Crippen LogP) is 3.38. The number of fused-ring (bicyclic) bond motifs is 2. The number of hydrogen-bond donors (Lipinski definition) is 2. The minimum Gasteiger partial charge on any atom is -0.496 e. The first-order valence-electron chi connectivity index (χ1n) is 10.8. The first-order chi connectivity index (χ1) is 16.4. The lowest BCUT2D eigenvalue weighted by atomic mass is 10.00. The fraction of sp³-hybridized carbons (Fsp3) is 0.200. The van der Waals surface area contributed by atoms with Gasteiger partial charge < -0.3 is 20.3 Å². The van der Waals surface area contributed by atoms with Crippen LogP contribution in [-0.2, 0) is 4.79 Å². The van der Waals surface area contributed by atoms with Crippen molar-refractivity contribution in [3.63, 3.8) is 0 Å². The normalized spacial score (nSPS) is 19.1. The van der Waals surface area contributed by atoms with Crippen LogP contribution in [0, 0.1) is 0 Å². The molecule has 3 heterocycles. The molecule has 1 fully saturated rings. The van der Waals surface area contributed by atoms with Gasteiger partial charge in [-0.15, -0.1) is 0 Å². The van der Waals surface area contributed by atoms with Gasteiger partial charge in [-0.25, -0.2) is 0 Å². The van der Waals surface area contributed by atoms with Gasteiger partial charge in [0.2, 0.25) is 5.91 Å². The van der Waals surface area contributed by atoms with Crippen molar-refractivity contribution in [1.82, 2.24) is 15.2 Å². The van der Waals surface area contributed by atoms with Crippen molar-refractivity contribution in [2.45, 2.75) is 18.5 Å². The molecule has 9 heteroatoms. The maximum Gasteiger partial charge on any atom is 0.256 e. The number of methoxy groups -OCH3 is 1. The van der Waals surface area contributed by atoms with Gasteiger partial charge in [-0.2, -0.15) is 0 Å². The van der Waals surface area contributed by atoms with E-state index < -0.39 is 6.04 Å². The molecule has 3 amide bonds. The topological polar surface area (TPSA) is 101 Å². The number of rotatable bonds is 4. The summed E-state index contributed by atoms with van der Waals surface area (Å²) in [5, 5.41) is 6.32. The minimum atomic E-state index is -0.678. The van der Waals surface area contributed by atoms with Crippen LogP contribution in [0.1, 0.15) is 27.1 Å². The van der Waals surface area contributed by atoms with E-state index in [0.29, 0.717) is 34.0 Å². The Balaban J connectivity index is 1.43. The Morgan fingerprint density at radius 3 is 2.79 bits per heavy atom. The van der Waals surface area contributed by atoms with Gasteiger partial charge >= 0.3 is 0 Å². The number of nitrogens with zero attached hydrogens (tertiary/aromatic N) is 2. The molecule has 1 aromatic heterocycles. The molecule has 0 bridgehead atoms. The van der Waals surface area contributed by atoms with Gasteiger partial charge in [-0.1, -0.05) is 17.7 Å². The molecule has 2 aromatic carbocycles. The summed E-state index contributed by atoms with van der Waals surface area (Å²) in [5.74, 6) is -0.233. The number of anilines is 1. The van der Waals surface area contributed by atoms with Crippen LogP contribution in [0.3, 0.4) is 0 Å². The summed E-state index contributed by atoms with van der Waals surface area (Å²) < 4.78 is 5.46. The second-order valence-corrected chi connectivity index (χ2v) is 8.65. The second kappa shape index (κ2) is 8.79. The highest BCUT2D eigenvalue weighted by Crippen LogP contribution is 2.36. The summed E-state index contributed by atoms with van der Waals surface area (Å²) in [6, 6.07) is 12.8. The third kappa shape index (κ3) is 3.97. The van der Waals surface area contributed by atoms with Crippen LogP contribution in [0.2, 0.25) is 5.02 Å². The highest BCUT2D eigenvalue weighted by molar-refractivity contribution is 6.31. The molecule has 0 radical (unpaired) electrons. The molecule has 2 aliphatic heterocycles. The van der Waals surface area contributed by atoms with Crippen LogP contribution in [0.4, 0.5) is 5.69 Å². The molecule has 34 heavy (non-hydrogen) atoms. The number of carbonyl (C=O) groups excluding carboxylic acids is 3. The van der Waals surface area contributed by atoms with E-state index >= 15 is 0 Å². The molecular formula is C25H21ClN4O4. The fourth-order valence-electron chi connectivity index (χ4n) is 4.45. The Labute approximate surface area is 200 Å². The highest BCUT2D eigenvalue weighted by atomic mass is 35.5. The Morgan fingerprint density at radius 1 is 1.18 bits per heavy atom. The van der Waals surface area contributed by atoms with Crippen molar-refractivity contribution in [1.29, 1.82) is 0 Å². The van der Waals surface area contributed by atoms with Gasteiger partial charge in [-0.3, -0.25) is 19.4 Å². The lowest BCUT2D eigenvalue weighted by molar-refractivity contribution is -0.119. The highest BCUT2D eigenvalue weighted by Gasteiger charge is 2.43. The van der Waals surface area contributed by atoms with Crippen molar-refractivity contribution in [2.24, 2.45) is 0 Å². The maximum atomic E-state index is 13.5. The van der Waals surface area contributed by atoms with Gasteiger partial charge in [0.25, 0.3) is 11.8 Å². The number of hydrogen-bond acceptors (Lipinski definition) is 5. The Kier molecular flexibility index (Phi) is 5.67. The average Bonchev–Trinajstić information content (AvgIpc) is 3.24. The zero-order valence-electron chi connectivity index (χ0n) is 18.2. The molecule has 2 aliphatic rings. The zero-order chi connectivity index (χ0) is 23.8.